The number of thioether (sulfide) groups is 1. The molecule has 0 saturated carbocycles. The summed E-state index contributed by atoms with van der Waals surface area (Å²) < 4.78 is 79.3. The molecular weight excluding hydrogens is 394 g/mol. The third-order valence-electron chi connectivity index (χ3n) is 3.39. The molecule has 0 fully saturated rings. The molecule has 9 heteroatoms. The van der Waals surface area contributed by atoms with Gasteiger partial charge in [0.25, 0.3) is 6.10 Å². The predicted molar refractivity (Wildman–Crippen MR) is 88.1 cm³/mol. The van der Waals surface area contributed by atoms with Gasteiger partial charge in [-0.15, -0.1) is 11.8 Å². The number of hydrogen-bond acceptors (Lipinski definition) is 3. The molecule has 2 aromatic carbocycles. The summed E-state index contributed by atoms with van der Waals surface area (Å²) in [7, 11) is 0. The van der Waals surface area contributed by atoms with Gasteiger partial charge in [0.1, 0.15) is 0 Å². The van der Waals surface area contributed by atoms with Crippen LogP contribution in [0.3, 0.4) is 0 Å². The first kappa shape index (κ1) is 21.1. The van der Waals surface area contributed by atoms with Gasteiger partial charge in [0.2, 0.25) is 0 Å². The summed E-state index contributed by atoms with van der Waals surface area (Å²) in [5, 5.41) is -0.705. The zero-order valence-corrected chi connectivity index (χ0v) is 14.4. The highest BCUT2D eigenvalue weighted by Crippen LogP contribution is 2.40. The molecule has 0 amide bonds. The number of halogens is 6. The Kier molecular flexibility index (Phi) is 6.80. The van der Waals surface area contributed by atoms with Gasteiger partial charge in [-0.05, 0) is 17.7 Å². The van der Waals surface area contributed by atoms with E-state index in [1.807, 2.05) is 0 Å². The van der Waals surface area contributed by atoms with Crippen molar-refractivity contribution in [3.8, 4) is 0 Å². The molecule has 2 nitrogen and oxygen atoms in total. The van der Waals surface area contributed by atoms with E-state index in [0.717, 1.165) is 11.8 Å². The maximum absolute atomic E-state index is 12.6. The van der Waals surface area contributed by atoms with E-state index >= 15 is 0 Å². The first-order chi connectivity index (χ1) is 12.6. The summed E-state index contributed by atoms with van der Waals surface area (Å²) in [6.45, 7) is 0. The fourth-order valence-electron chi connectivity index (χ4n) is 2.21. The van der Waals surface area contributed by atoms with Gasteiger partial charge >= 0.3 is 18.3 Å². The second-order valence-corrected chi connectivity index (χ2v) is 6.76. The third kappa shape index (κ3) is 6.50. The van der Waals surface area contributed by atoms with Gasteiger partial charge in [0.05, 0.1) is 6.42 Å². The van der Waals surface area contributed by atoms with Gasteiger partial charge in [-0.3, -0.25) is 4.79 Å². The van der Waals surface area contributed by atoms with Crippen LogP contribution >= 0.6 is 11.8 Å². The number of benzene rings is 2. The Hall–Kier alpha value is -2.16. The fraction of sp³-hybridized carbons (Fsp3) is 0.278. The van der Waals surface area contributed by atoms with Crippen molar-refractivity contribution >= 4 is 17.7 Å². The van der Waals surface area contributed by atoms with Crippen LogP contribution < -0.4 is 0 Å². The number of rotatable bonds is 6. The highest BCUT2D eigenvalue weighted by atomic mass is 32.2. The summed E-state index contributed by atoms with van der Waals surface area (Å²) in [5.74, 6) is -1.58. The molecule has 2 rings (SSSR count). The number of carbonyl (C=O) groups is 1. The van der Waals surface area contributed by atoms with Crippen LogP contribution in [0.5, 0.6) is 0 Å². The minimum absolute atomic E-state index is 0.582. The second-order valence-electron chi connectivity index (χ2n) is 5.49. The zero-order valence-electron chi connectivity index (χ0n) is 13.6. The van der Waals surface area contributed by atoms with Crippen LogP contribution in [-0.2, 0) is 9.53 Å². The maximum atomic E-state index is 12.6. The van der Waals surface area contributed by atoms with Crippen molar-refractivity contribution < 1.29 is 35.9 Å². The van der Waals surface area contributed by atoms with Crippen molar-refractivity contribution in [3.63, 3.8) is 0 Å². The lowest BCUT2D eigenvalue weighted by Crippen LogP contribution is -2.45. The Balaban J connectivity index is 2.18. The van der Waals surface area contributed by atoms with Gasteiger partial charge in [0.15, 0.2) is 0 Å². The lowest BCUT2D eigenvalue weighted by Gasteiger charge is -2.24. The second kappa shape index (κ2) is 8.69. The zero-order chi connectivity index (χ0) is 20.1. The summed E-state index contributed by atoms with van der Waals surface area (Å²) in [4.78, 5) is 12.6. The SMILES string of the molecule is O=C(C[C@H](Sc1ccccc1)c1ccccc1)OC(C(F)(F)F)C(F)(F)F. The Bertz CT molecular complexity index is 717. The van der Waals surface area contributed by atoms with Crippen LogP contribution in [0.4, 0.5) is 26.3 Å². The molecule has 0 heterocycles. The Morgan fingerprint density at radius 1 is 0.852 bits per heavy atom. The third-order valence-corrected chi connectivity index (χ3v) is 4.66. The number of hydrogen-bond donors (Lipinski definition) is 0. The lowest BCUT2D eigenvalue weighted by molar-refractivity contribution is -0.313. The highest BCUT2D eigenvalue weighted by Gasteiger charge is 2.59. The van der Waals surface area contributed by atoms with Crippen molar-refractivity contribution in [1.82, 2.24) is 0 Å². The lowest BCUT2D eigenvalue weighted by atomic mass is 10.1. The van der Waals surface area contributed by atoms with Crippen molar-refractivity contribution in [3.05, 3.63) is 66.2 Å². The van der Waals surface area contributed by atoms with E-state index in [1.54, 1.807) is 60.7 Å². The summed E-state index contributed by atoms with van der Waals surface area (Å²) in [6, 6.07) is 17.0. The molecule has 0 aliphatic carbocycles. The molecule has 0 saturated heterocycles. The minimum Gasteiger partial charge on any atom is -0.443 e. The summed E-state index contributed by atoms with van der Waals surface area (Å²) >= 11 is 1.15. The van der Waals surface area contributed by atoms with Gasteiger partial charge < -0.3 is 4.74 Å². The number of carbonyl (C=O) groups excluding carboxylic acids is 1. The van der Waals surface area contributed by atoms with Crippen LogP contribution in [0, 0.1) is 0 Å². The summed E-state index contributed by atoms with van der Waals surface area (Å²) in [5.41, 5.74) is 0.582. The highest BCUT2D eigenvalue weighted by molar-refractivity contribution is 7.99. The molecule has 1 atom stereocenters. The first-order valence-corrected chi connectivity index (χ1v) is 8.55. The first-order valence-electron chi connectivity index (χ1n) is 7.67. The van der Waals surface area contributed by atoms with E-state index in [4.69, 9.17) is 0 Å². The molecule has 0 unspecified atom stereocenters. The fourth-order valence-corrected chi connectivity index (χ4v) is 3.36. The Labute approximate surface area is 155 Å². The molecule has 0 N–H and O–H groups in total. The van der Waals surface area contributed by atoms with E-state index in [9.17, 15) is 31.1 Å². The minimum atomic E-state index is -5.73. The van der Waals surface area contributed by atoms with Crippen LogP contribution in [0.2, 0.25) is 0 Å². The molecule has 27 heavy (non-hydrogen) atoms. The molecule has 2 aromatic rings. The van der Waals surface area contributed by atoms with Crippen LogP contribution in [-0.4, -0.2) is 24.4 Å². The monoisotopic (exact) mass is 408 g/mol. The number of alkyl halides is 6. The van der Waals surface area contributed by atoms with Crippen molar-refractivity contribution in [2.75, 3.05) is 0 Å². The van der Waals surface area contributed by atoms with Crippen molar-refractivity contribution in [1.29, 1.82) is 0 Å². The topological polar surface area (TPSA) is 26.3 Å². The van der Waals surface area contributed by atoms with Crippen molar-refractivity contribution in [2.24, 2.45) is 0 Å². The Morgan fingerprint density at radius 2 is 1.33 bits per heavy atom. The summed E-state index contributed by atoms with van der Waals surface area (Å²) in [6.07, 6.45) is -16.3. The van der Waals surface area contributed by atoms with Gasteiger partial charge in [-0.25, -0.2) is 0 Å². The van der Waals surface area contributed by atoms with E-state index < -0.39 is 36.1 Å². The molecule has 0 aliphatic rings. The average Bonchev–Trinajstić information content (AvgIpc) is 2.59. The molecule has 0 radical (unpaired) electrons. The normalized spacial score (nSPS) is 13.4. The maximum Gasteiger partial charge on any atom is 0.434 e. The standard InChI is InChI=1S/C18H14F6O2S/c19-17(20,21)16(18(22,23)24)26-15(25)11-14(12-7-3-1-4-8-12)27-13-9-5-2-6-10-13/h1-10,14,16H,11H2/t14-/m0/s1. The molecule has 0 aliphatic heterocycles. The molecule has 0 aromatic heterocycles. The van der Waals surface area contributed by atoms with Crippen LogP contribution in [0.15, 0.2) is 65.6 Å². The predicted octanol–water partition coefficient (Wildman–Crippen LogP) is 5.95. The van der Waals surface area contributed by atoms with E-state index in [0.29, 0.717) is 10.5 Å². The molecule has 0 spiro atoms. The van der Waals surface area contributed by atoms with E-state index in [2.05, 4.69) is 4.74 Å². The smallest absolute Gasteiger partial charge is 0.434 e. The average molecular weight is 408 g/mol. The number of esters is 1. The molecular formula is C18H14F6O2S. The van der Waals surface area contributed by atoms with Crippen molar-refractivity contribution in [2.45, 2.75) is 35.0 Å². The van der Waals surface area contributed by atoms with E-state index in [-0.39, 0.29) is 0 Å². The van der Waals surface area contributed by atoms with Crippen LogP contribution in [0.1, 0.15) is 17.2 Å². The van der Waals surface area contributed by atoms with Gasteiger partial charge in [0, 0.05) is 10.1 Å². The number of ether oxygens (including phenoxy) is 1. The quantitative estimate of drug-likeness (QED) is 0.336. The van der Waals surface area contributed by atoms with Gasteiger partial charge in [-0.1, -0.05) is 48.5 Å². The largest absolute Gasteiger partial charge is 0.443 e. The van der Waals surface area contributed by atoms with Crippen LogP contribution in [0.25, 0.3) is 0 Å². The Morgan fingerprint density at radius 3 is 1.81 bits per heavy atom. The van der Waals surface area contributed by atoms with Gasteiger partial charge in [-0.2, -0.15) is 26.3 Å². The molecule has 0 bridgehead atoms. The molecule has 146 valence electrons. The van der Waals surface area contributed by atoms with E-state index in [1.165, 1.54) is 0 Å².